The van der Waals surface area contributed by atoms with Crippen LogP contribution in [0, 0.1) is 0 Å². The number of fused-ring (bicyclic) bond motifs is 1. The molecule has 0 saturated heterocycles. The Morgan fingerprint density at radius 2 is 1.67 bits per heavy atom. The summed E-state index contributed by atoms with van der Waals surface area (Å²) in [5, 5.41) is 2.99. The Kier molecular flexibility index (Phi) is 7.09. The summed E-state index contributed by atoms with van der Waals surface area (Å²) >= 11 is 0. The topological polar surface area (TPSA) is 74.6 Å². The van der Waals surface area contributed by atoms with Crippen molar-refractivity contribution < 1.29 is 19.0 Å². The standard InChI is InChI=1S/C26H27N3O4/c1-19(27-25(30)18-33-20-9-4-3-5-10-20)26-28-23-13-6-7-14-24(23)29(26)15-16-32-22-12-8-11-21(17-22)31-2/h3-14,17,19H,15-16,18H2,1-2H3,(H,27,30). The molecule has 1 amide bonds. The van der Waals surface area contributed by atoms with Crippen molar-refractivity contribution in [3.8, 4) is 17.2 Å². The Morgan fingerprint density at radius 3 is 2.48 bits per heavy atom. The van der Waals surface area contributed by atoms with Crippen LogP contribution in [0.15, 0.2) is 78.9 Å². The molecule has 1 heterocycles. The maximum Gasteiger partial charge on any atom is 0.258 e. The maximum absolute atomic E-state index is 12.5. The fraction of sp³-hybridized carbons (Fsp3) is 0.231. The molecular weight excluding hydrogens is 418 g/mol. The summed E-state index contributed by atoms with van der Waals surface area (Å²) in [5.74, 6) is 2.69. The molecule has 0 fully saturated rings. The molecule has 1 aromatic heterocycles. The Labute approximate surface area is 192 Å². The van der Waals surface area contributed by atoms with Crippen LogP contribution in [-0.2, 0) is 11.3 Å². The number of nitrogens with zero attached hydrogens (tertiary/aromatic N) is 2. The minimum Gasteiger partial charge on any atom is -0.497 e. The second-order valence-corrected chi connectivity index (χ2v) is 7.53. The molecule has 0 spiro atoms. The van der Waals surface area contributed by atoms with Gasteiger partial charge in [0.2, 0.25) is 0 Å². The number of ether oxygens (including phenoxy) is 3. The van der Waals surface area contributed by atoms with Crippen LogP contribution in [0.4, 0.5) is 0 Å². The summed E-state index contributed by atoms with van der Waals surface area (Å²) in [6.07, 6.45) is 0. The molecule has 1 atom stereocenters. The molecule has 0 aliphatic carbocycles. The number of hydrogen-bond acceptors (Lipinski definition) is 5. The van der Waals surface area contributed by atoms with Crippen LogP contribution < -0.4 is 19.5 Å². The SMILES string of the molecule is COc1cccc(OCCn2c(C(C)NC(=O)COc3ccccc3)nc3ccccc32)c1. The van der Waals surface area contributed by atoms with Gasteiger partial charge in [0.25, 0.3) is 5.91 Å². The van der Waals surface area contributed by atoms with E-state index in [9.17, 15) is 4.79 Å². The van der Waals surface area contributed by atoms with E-state index in [4.69, 9.17) is 19.2 Å². The number of nitrogens with one attached hydrogen (secondary N) is 1. The van der Waals surface area contributed by atoms with E-state index < -0.39 is 0 Å². The van der Waals surface area contributed by atoms with Gasteiger partial charge in [-0.25, -0.2) is 4.98 Å². The zero-order valence-corrected chi connectivity index (χ0v) is 18.7. The molecule has 4 rings (SSSR count). The van der Waals surface area contributed by atoms with E-state index >= 15 is 0 Å². The van der Waals surface area contributed by atoms with Gasteiger partial charge in [0.05, 0.1) is 30.7 Å². The number of imidazole rings is 1. The minimum absolute atomic E-state index is 0.0620. The van der Waals surface area contributed by atoms with E-state index in [1.807, 2.05) is 85.8 Å². The average molecular weight is 446 g/mol. The van der Waals surface area contributed by atoms with Gasteiger partial charge in [-0.3, -0.25) is 4.79 Å². The van der Waals surface area contributed by atoms with Crippen molar-refractivity contribution in [2.45, 2.75) is 19.5 Å². The number of rotatable bonds is 10. The highest BCUT2D eigenvalue weighted by Gasteiger charge is 2.18. The van der Waals surface area contributed by atoms with Crippen LogP contribution >= 0.6 is 0 Å². The van der Waals surface area contributed by atoms with Gasteiger partial charge >= 0.3 is 0 Å². The molecule has 170 valence electrons. The second-order valence-electron chi connectivity index (χ2n) is 7.53. The highest BCUT2D eigenvalue weighted by atomic mass is 16.5. The van der Waals surface area contributed by atoms with Crippen LogP contribution in [0.5, 0.6) is 17.2 Å². The highest BCUT2D eigenvalue weighted by molar-refractivity contribution is 5.79. The Bertz CT molecular complexity index is 1210. The molecule has 1 unspecified atom stereocenters. The van der Waals surface area contributed by atoms with Gasteiger partial charge in [-0.05, 0) is 43.3 Å². The van der Waals surface area contributed by atoms with E-state index in [0.717, 1.165) is 28.4 Å². The van der Waals surface area contributed by atoms with Gasteiger partial charge in [0.1, 0.15) is 29.7 Å². The minimum atomic E-state index is -0.305. The molecule has 0 saturated carbocycles. The van der Waals surface area contributed by atoms with Gasteiger partial charge in [-0.15, -0.1) is 0 Å². The number of aromatic nitrogens is 2. The zero-order valence-electron chi connectivity index (χ0n) is 18.7. The molecule has 7 nitrogen and oxygen atoms in total. The van der Waals surface area contributed by atoms with Crippen molar-refractivity contribution in [3.05, 3.63) is 84.7 Å². The molecule has 0 aliphatic rings. The van der Waals surface area contributed by atoms with E-state index in [1.54, 1.807) is 7.11 Å². The Balaban J connectivity index is 1.44. The number of hydrogen-bond donors (Lipinski definition) is 1. The van der Waals surface area contributed by atoms with Gasteiger partial charge in [-0.1, -0.05) is 36.4 Å². The van der Waals surface area contributed by atoms with Crippen LogP contribution in [0.3, 0.4) is 0 Å². The van der Waals surface area contributed by atoms with Gasteiger partial charge in [-0.2, -0.15) is 0 Å². The first kappa shape index (κ1) is 22.2. The number of amides is 1. The molecule has 0 radical (unpaired) electrons. The summed E-state index contributed by atoms with van der Waals surface area (Å²) in [4.78, 5) is 17.2. The van der Waals surface area contributed by atoms with Crippen molar-refractivity contribution >= 4 is 16.9 Å². The van der Waals surface area contributed by atoms with E-state index in [0.29, 0.717) is 18.9 Å². The Hall–Kier alpha value is -4.00. The lowest BCUT2D eigenvalue weighted by Gasteiger charge is -2.17. The molecule has 3 aromatic carbocycles. The lowest BCUT2D eigenvalue weighted by molar-refractivity contribution is -0.123. The average Bonchev–Trinajstić information content (AvgIpc) is 3.22. The molecular formula is C26H27N3O4. The van der Waals surface area contributed by atoms with E-state index in [-0.39, 0.29) is 18.6 Å². The third-order valence-corrected chi connectivity index (χ3v) is 5.19. The number of benzene rings is 3. The van der Waals surface area contributed by atoms with Crippen molar-refractivity contribution in [3.63, 3.8) is 0 Å². The van der Waals surface area contributed by atoms with Crippen molar-refractivity contribution in [2.75, 3.05) is 20.3 Å². The summed E-state index contributed by atoms with van der Waals surface area (Å²) in [6, 6.07) is 24.4. The number of carbonyl (C=O) groups excluding carboxylic acids is 1. The first-order valence-corrected chi connectivity index (χ1v) is 10.8. The summed E-state index contributed by atoms with van der Waals surface area (Å²) in [7, 11) is 1.63. The molecule has 1 N–H and O–H groups in total. The third kappa shape index (κ3) is 5.63. The van der Waals surface area contributed by atoms with Crippen LogP contribution in [0.25, 0.3) is 11.0 Å². The third-order valence-electron chi connectivity index (χ3n) is 5.19. The van der Waals surface area contributed by atoms with Crippen molar-refractivity contribution in [2.24, 2.45) is 0 Å². The largest absolute Gasteiger partial charge is 0.497 e. The Morgan fingerprint density at radius 1 is 0.939 bits per heavy atom. The highest BCUT2D eigenvalue weighted by Crippen LogP contribution is 2.22. The van der Waals surface area contributed by atoms with Crippen molar-refractivity contribution in [1.29, 1.82) is 0 Å². The first-order valence-electron chi connectivity index (χ1n) is 10.8. The molecule has 0 aliphatic heterocycles. The van der Waals surface area contributed by atoms with Gasteiger partial charge in [0, 0.05) is 6.07 Å². The number of para-hydroxylation sites is 3. The predicted octanol–water partition coefficient (Wildman–Crippen LogP) is 4.38. The molecule has 33 heavy (non-hydrogen) atoms. The summed E-state index contributed by atoms with van der Waals surface area (Å²) in [5.41, 5.74) is 1.86. The number of carbonyl (C=O) groups is 1. The van der Waals surface area contributed by atoms with Crippen LogP contribution in [0.1, 0.15) is 18.8 Å². The normalized spacial score (nSPS) is 11.7. The van der Waals surface area contributed by atoms with Gasteiger partial charge < -0.3 is 24.1 Å². The van der Waals surface area contributed by atoms with Crippen LogP contribution in [-0.4, -0.2) is 35.8 Å². The zero-order chi connectivity index (χ0) is 23.0. The monoisotopic (exact) mass is 445 g/mol. The summed E-state index contributed by atoms with van der Waals surface area (Å²) < 4.78 is 18.8. The second kappa shape index (κ2) is 10.5. The smallest absolute Gasteiger partial charge is 0.258 e. The van der Waals surface area contributed by atoms with Crippen LogP contribution in [0.2, 0.25) is 0 Å². The summed E-state index contributed by atoms with van der Waals surface area (Å²) in [6.45, 7) is 2.88. The van der Waals surface area contributed by atoms with E-state index in [1.165, 1.54) is 0 Å². The maximum atomic E-state index is 12.5. The fourth-order valence-corrected chi connectivity index (χ4v) is 3.62. The fourth-order valence-electron chi connectivity index (χ4n) is 3.62. The molecule has 0 bridgehead atoms. The quantitative estimate of drug-likeness (QED) is 0.392. The molecule has 4 aromatic rings. The lowest BCUT2D eigenvalue weighted by atomic mass is 10.3. The number of methoxy groups -OCH3 is 1. The first-order chi connectivity index (χ1) is 16.1. The van der Waals surface area contributed by atoms with E-state index in [2.05, 4.69) is 9.88 Å². The lowest BCUT2D eigenvalue weighted by Crippen LogP contribution is -2.33. The van der Waals surface area contributed by atoms with Gasteiger partial charge in [0.15, 0.2) is 6.61 Å². The molecule has 7 heteroatoms. The predicted molar refractivity (Wildman–Crippen MR) is 127 cm³/mol. The van der Waals surface area contributed by atoms with Crippen molar-refractivity contribution in [1.82, 2.24) is 14.9 Å².